The minimum absolute atomic E-state index is 0.0992. The number of anilines is 1. The lowest BCUT2D eigenvalue weighted by Crippen LogP contribution is -2.45. The predicted octanol–water partition coefficient (Wildman–Crippen LogP) is 4.07. The summed E-state index contributed by atoms with van der Waals surface area (Å²) in [6.45, 7) is 11.1. The van der Waals surface area contributed by atoms with Crippen molar-refractivity contribution in [2.24, 2.45) is 10.8 Å². The molecule has 2 aromatic rings. The lowest BCUT2D eigenvalue weighted by molar-refractivity contribution is -0.135. The van der Waals surface area contributed by atoms with Gasteiger partial charge >= 0.3 is 0 Å². The maximum Gasteiger partial charge on any atom is 0.228 e. The van der Waals surface area contributed by atoms with Crippen molar-refractivity contribution in [1.29, 1.82) is 0 Å². The van der Waals surface area contributed by atoms with Crippen molar-refractivity contribution in [1.82, 2.24) is 19.7 Å². The summed E-state index contributed by atoms with van der Waals surface area (Å²) >= 11 is 0. The average Bonchev–Trinajstić information content (AvgIpc) is 3.36. The number of hydrogen-bond donors (Lipinski definition) is 0. The van der Waals surface area contributed by atoms with Gasteiger partial charge in [0.25, 0.3) is 0 Å². The quantitative estimate of drug-likeness (QED) is 0.586. The zero-order chi connectivity index (χ0) is 25.4. The maximum atomic E-state index is 14.3. The first kappa shape index (κ1) is 25.4. The lowest BCUT2D eigenvalue weighted by Gasteiger charge is -2.38. The van der Waals surface area contributed by atoms with E-state index in [0.717, 1.165) is 44.8 Å². The molecule has 0 N–H and O–H groups in total. The van der Waals surface area contributed by atoms with Gasteiger partial charge in [0, 0.05) is 33.8 Å². The fourth-order valence-corrected chi connectivity index (χ4v) is 5.26. The molecule has 2 unspecified atom stereocenters. The van der Waals surface area contributed by atoms with E-state index in [1.165, 1.54) is 6.07 Å². The summed E-state index contributed by atoms with van der Waals surface area (Å²) < 4.78 is 28.1. The first-order valence-electron chi connectivity index (χ1n) is 12.4. The predicted molar refractivity (Wildman–Crippen MR) is 132 cm³/mol. The van der Waals surface area contributed by atoms with E-state index in [0.29, 0.717) is 12.4 Å². The van der Waals surface area contributed by atoms with Gasteiger partial charge in [0.15, 0.2) is 23.5 Å². The minimum atomic E-state index is -0.521. The number of piperidine rings is 1. The van der Waals surface area contributed by atoms with Crippen LogP contribution in [0.1, 0.15) is 58.9 Å². The number of halogens is 1. The molecule has 1 spiro atoms. The second-order valence-electron chi connectivity index (χ2n) is 11.0. The van der Waals surface area contributed by atoms with Gasteiger partial charge in [-0.25, -0.2) is 4.39 Å². The number of carbonyl (C=O) groups is 1. The molecule has 1 aromatic carbocycles. The van der Waals surface area contributed by atoms with Crippen LogP contribution in [0.25, 0.3) is 0 Å². The summed E-state index contributed by atoms with van der Waals surface area (Å²) in [6.07, 6.45) is 1.89. The standard InChI is InChI=1S/C26H38FN5O3/c1-18(35-20-10-8-7-9-19(20)27)22-28-29-24(32(22)17-21(34-6)25(2,3)4)31-15-12-26(13-16-31)11-14-30(5)23(26)33/h7-10,18,21H,11-17H2,1-6H3. The Bertz CT molecular complexity index is 1040. The molecule has 4 rings (SSSR count). The lowest BCUT2D eigenvalue weighted by atomic mass is 9.77. The Balaban J connectivity index is 1.61. The van der Waals surface area contributed by atoms with E-state index in [9.17, 15) is 9.18 Å². The Morgan fingerprint density at radius 1 is 1.11 bits per heavy atom. The number of carbonyl (C=O) groups excluding carboxylic acids is 1. The van der Waals surface area contributed by atoms with E-state index >= 15 is 0 Å². The van der Waals surface area contributed by atoms with Gasteiger partial charge in [-0.15, -0.1) is 10.2 Å². The Hall–Kier alpha value is -2.68. The molecule has 2 saturated heterocycles. The number of hydrogen-bond acceptors (Lipinski definition) is 6. The van der Waals surface area contributed by atoms with Crippen molar-refractivity contribution in [2.75, 3.05) is 38.7 Å². The minimum Gasteiger partial charge on any atom is -0.480 e. The molecule has 9 heteroatoms. The molecular weight excluding hydrogens is 449 g/mol. The summed E-state index contributed by atoms with van der Waals surface area (Å²) in [5, 5.41) is 9.05. The van der Waals surface area contributed by atoms with Crippen LogP contribution in [0.15, 0.2) is 24.3 Å². The van der Waals surface area contributed by atoms with Crippen LogP contribution < -0.4 is 9.64 Å². The molecule has 0 radical (unpaired) electrons. The van der Waals surface area contributed by atoms with Gasteiger partial charge in [-0.05, 0) is 43.7 Å². The van der Waals surface area contributed by atoms with Crippen LogP contribution >= 0.6 is 0 Å². The third-order valence-corrected chi connectivity index (χ3v) is 7.59. The molecule has 0 saturated carbocycles. The van der Waals surface area contributed by atoms with E-state index in [4.69, 9.17) is 9.47 Å². The van der Waals surface area contributed by atoms with Crippen LogP contribution in [-0.4, -0.2) is 65.5 Å². The van der Waals surface area contributed by atoms with Gasteiger partial charge in [-0.3, -0.25) is 9.36 Å². The number of nitrogens with zero attached hydrogens (tertiary/aromatic N) is 5. The van der Waals surface area contributed by atoms with Crippen LogP contribution in [-0.2, 0) is 16.1 Å². The van der Waals surface area contributed by atoms with E-state index in [2.05, 4.69) is 35.9 Å². The molecule has 2 aliphatic heterocycles. The molecule has 35 heavy (non-hydrogen) atoms. The molecule has 1 aromatic heterocycles. The maximum absolute atomic E-state index is 14.3. The molecule has 2 aliphatic rings. The molecular formula is C26H38FN5O3. The Morgan fingerprint density at radius 3 is 2.34 bits per heavy atom. The van der Waals surface area contributed by atoms with Gasteiger partial charge in [0.1, 0.15) is 0 Å². The van der Waals surface area contributed by atoms with Crippen LogP contribution in [0.3, 0.4) is 0 Å². The van der Waals surface area contributed by atoms with Gasteiger partial charge in [-0.2, -0.15) is 0 Å². The topological polar surface area (TPSA) is 72.7 Å². The van der Waals surface area contributed by atoms with Gasteiger partial charge < -0.3 is 19.3 Å². The highest BCUT2D eigenvalue weighted by atomic mass is 19.1. The zero-order valence-electron chi connectivity index (χ0n) is 21.8. The van der Waals surface area contributed by atoms with E-state index < -0.39 is 11.9 Å². The first-order chi connectivity index (χ1) is 16.6. The van der Waals surface area contributed by atoms with Crippen LogP contribution in [0.2, 0.25) is 0 Å². The monoisotopic (exact) mass is 487 g/mol. The summed E-state index contributed by atoms with van der Waals surface area (Å²) in [5.41, 5.74) is -0.364. The van der Waals surface area contributed by atoms with Crippen molar-refractivity contribution in [3.63, 3.8) is 0 Å². The van der Waals surface area contributed by atoms with Crippen molar-refractivity contribution in [3.8, 4) is 5.75 Å². The number of methoxy groups -OCH3 is 1. The normalized spacial score (nSPS) is 19.9. The molecule has 1 amide bonds. The highest BCUT2D eigenvalue weighted by Gasteiger charge is 2.47. The summed E-state index contributed by atoms with van der Waals surface area (Å²) in [6, 6.07) is 6.37. The fourth-order valence-electron chi connectivity index (χ4n) is 5.26. The van der Waals surface area contributed by atoms with E-state index in [1.54, 1.807) is 25.3 Å². The van der Waals surface area contributed by atoms with Crippen molar-refractivity contribution in [3.05, 3.63) is 35.9 Å². The van der Waals surface area contributed by atoms with Crippen molar-refractivity contribution >= 4 is 11.9 Å². The zero-order valence-corrected chi connectivity index (χ0v) is 21.8. The summed E-state index contributed by atoms with van der Waals surface area (Å²) in [4.78, 5) is 16.9. The first-order valence-corrected chi connectivity index (χ1v) is 12.4. The molecule has 2 fully saturated rings. The molecule has 192 valence electrons. The van der Waals surface area contributed by atoms with E-state index in [1.807, 2.05) is 23.4 Å². The number of rotatable bonds is 7. The Morgan fingerprint density at radius 2 is 1.77 bits per heavy atom. The highest BCUT2D eigenvalue weighted by Crippen LogP contribution is 2.42. The molecule has 0 aliphatic carbocycles. The number of amides is 1. The average molecular weight is 488 g/mol. The van der Waals surface area contributed by atoms with Crippen LogP contribution in [0.5, 0.6) is 5.75 Å². The molecule has 2 atom stereocenters. The van der Waals surface area contributed by atoms with Crippen LogP contribution in [0.4, 0.5) is 10.3 Å². The SMILES string of the molecule is COC(Cn1c(C(C)Oc2ccccc2F)nnc1N1CCC2(CCN(C)C2=O)CC1)C(C)(C)C. The third kappa shape index (κ3) is 5.01. The van der Waals surface area contributed by atoms with Crippen molar-refractivity contribution in [2.45, 2.75) is 65.7 Å². The number of ether oxygens (including phenoxy) is 2. The highest BCUT2D eigenvalue weighted by molar-refractivity contribution is 5.84. The second-order valence-corrected chi connectivity index (χ2v) is 11.0. The largest absolute Gasteiger partial charge is 0.480 e. The number of para-hydroxylation sites is 1. The van der Waals surface area contributed by atoms with Gasteiger partial charge in [0.2, 0.25) is 11.9 Å². The van der Waals surface area contributed by atoms with E-state index in [-0.39, 0.29) is 28.6 Å². The third-order valence-electron chi connectivity index (χ3n) is 7.59. The molecule has 8 nitrogen and oxygen atoms in total. The molecule has 0 bridgehead atoms. The number of benzene rings is 1. The fraction of sp³-hybridized carbons (Fsp3) is 0.654. The Labute approximate surface area is 207 Å². The summed E-state index contributed by atoms with van der Waals surface area (Å²) in [7, 11) is 3.60. The summed E-state index contributed by atoms with van der Waals surface area (Å²) in [5.74, 6) is 1.38. The number of likely N-dealkylation sites (tertiary alicyclic amines) is 1. The number of aromatic nitrogens is 3. The van der Waals surface area contributed by atoms with Gasteiger partial charge in [0.05, 0.1) is 18.1 Å². The smallest absolute Gasteiger partial charge is 0.228 e. The second kappa shape index (κ2) is 9.76. The molecule has 3 heterocycles. The Kier molecular flexibility index (Phi) is 7.09. The van der Waals surface area contributed by atoms with Crippen LogP contribution in [0, 0.1) is 16.6 Å². The van der Waals surface area contributed by atoms with Gasteiger partial charge in [-0.1, -0.05) is 32.9 Å². The van der Waals surface area contributed by atoms with Crippen molar-refractivity contribution < 1.29 is 18.7 Å².